The van der Waals surface area contributed by atoms with Gasteiger partial charge in [0.2, 0.25) is 0 Å². The summed E-state index contributed by atoms with van der Waals surface area (Å²) in [6.45, 7) is 5.50. The molecule has 148 valence electrons. The molecular formula is C18H28F2IN3OS. The fraction of sp³-hybridized carbons (Fsp3) is 0.611. The Labute approximate surface area is 176 Å². The van der Waals surface area contributed by atoms with E-state index in [1.165, 1.54) is 6.07 Å². The maximum atomic E-state index is 13.7. The lowest BCUT2D eigenvalue weighted by molar-refractivity contribution is 0.0794. The molecule has 1 aromatic carbocycles. The topological polar surface area (TPSA) is 45.7 Å². The van der Waals surface area contributed by atoms with E-state index in [4.69, 9.17) is 9.73 Å². The van der Waals surface area contributed by atoms with Gasteiger partial charge in [0.05, 0.1) is 6.54 Å². The summed E-state index contributed by atoms with van der Waals surface area (Å²) in [6, 6.07) is 3.54. The van der Waals surface area contributed by atoms with Crippen LogP contribution in [0.3, 0.4) is 0 Å². The molecule has 0 spiro atoms. The molecule has 0 bridgehead atoms. The number of rotatable bonds is 7. The SMILES string of the molecule is CCNC(=NCC1(SC)CCOCC1)NCCc1cc(F)ccc1F.I. The van der Waals surface area contributed by atoms with Crippen molar-refractivity contribution in [3.63, 3.8) is 0 Å². The number of thioether (sulfide) groups is 1. The van der Waals surface area contributed by atoms with Crippen LogP contribution in [0.15, 0.2) is 23.2 Å². The normalized spacial score (nSPS) is 16.7. The minimum atomic E-state index is -0.418. The van der Waals surface area contributed by atoms with E-state index in [9.17, 15) is 8.78 Å². The number of benzene rings is 1. The van der Waals surface area contributed by atoms with E-state index in [1.54, 1.807) is 0 Å². The van der Waals surface area contributed by atoms with Gasteiger partial charge in [0, 0.05) is 31.1 Å². The standard InChI is InChI=1S/C18H27F2N3OS.HI/c1-3-21-17(23-13-18(25-2)7-10-24-11-8-18)22-9-6-14-12-15(19)4-5-16(14)20;/h4-5,12H,3,6-11,13H2,1-2H3,(H2,21,22,23);1H. The summed E-state index contributed by atoms with van der Waals surface area (Å²) in [5, 5.41) is 6.41. The molecule has 0 saturated carbocycles. The highest BCUT2D eigenvalue weighted by Gasteiger charge is 2.31. The summed E-state index contributed by atoms with van der Waals surface area (Å²) >= 11 is 1.84. The van der Waals surface area contributed by atoms with Gasteiger partial charge in [-0.15, -0.1) is 24.0 Å². The van der Waals surface area contributed by atoms with Crippen molar-refractivity contribution in [1.29, 1.82) is 0 Å². The van der Waals surface area contributed by atoms with Gasteiger partial charge in [-0.05, 0) is 56.2 Å². The number of hydrogen-bond acceptors (Lipinski definition) is 3. The van der Waals surface area contributed by atoms with Crippen LogP contribution >= 0.6 is 35.7 Å². The second-order valence-corrected chi connectivity index (χ2v) is 7.38. The fourth-order valence-electron chi connectivity index (χ4n) is 2.79. The Morgan fingerprint density at radius 1 is 1.27 bits per heavy atom. The molecule has 1 aromatic rings. The van der Waals surface area contributed by atoms with Crippen LogP contribution in [-0.4, -0.2) is 49.8 Å². The first-order valence-electron chi connectivity index (χ1n) is 8.67. The van der Waals surface area contributed by atoms with E-state index in [2.05, 4.69) is 16.9 Å². The van der Waals surface area contributed by atoms with Crippen molar-refractivity contribution in [2.45, 2.75) is 30.9 Å². The maximum Gasteiger partial charge on any atom is 0.191 e. The van der Waals surface area contributed by atoms with E-state index in [-0.39, 0.29) is 34.5 Å². The summed E-state index contributed by atoms with van der Waals surface area (Å²) in [5.41, 5.74) is 0.369. The van der Waals surface area contributed by atoms with Crippen LogP contribution in [0, 0.1) is 11.6 Å². The molecule has 1 heterocycles. The van der Waals surface area contributed by atoms with Gasteiger partial charge in [-0.2, -0.15) is 11.8 Å². The smallest absolute Gasteiger partial charge is 0.191 e. The van der Waals surface area contributed by atoms with Gasteiger partial charge < -0.3 is 15.4 Å². The number of guanidine groups is 1. The number of nitrogens with one attached hydrogen (secondary N) is 2. The van der Waals surface area contributed by atoms with Gasteiger partial charge >= 0.3 is 0 Å². The molecule has 2 N–H and O–H groups in total. The average molecular weight is 499 g/mol. The first kappa shape index (κ1) is 23.4. The molecule has 1 aliphatic heterocycles. The van der Waals surface area contributed by atoms with Crippen molar-refractivity contribution in [1.82, 2.24) is 10.6 Å². The third-order valence-corrected chi connectivity index (χ3v) is 5.80. The number of hydrogen-bond donors (Lipinski definition) is 2. The third kappa shape index (κ3) is 7.19. The van der Waals surface area contributed by atoms with Gasteiger partial charge in [-0.25, -0.2) is 8.78 Å². The lowest BCUT2D eigenvalue weighted by atomic mass is 9.99. The van der Waals surface area contributed by atoms with Crippen LogP contribution in [0.25, 0.3) is 0 Å². The summed E-state index contributed by atoms with van der Waals surface area (Å²) in [7, 11) is 0. The molecule has 0 aromatic heterocycles. The minimum absolute atomic E-state index is 0. The Hall–Kier alpha value is -0.610. The third-order valence-electron chi connectivity index (χ3n) is 4.40. The molecule has 0 atom stereocenters. The monoisotopic (exact) mass is 499 g/mol. The average Bonchev–Trinajstić information content (AvgIpc) is 2.63. The van der Waals surface area contributed by atoms with Crippen LogP contribution in [0.2, 0.25) is 0 Å². The van der Waals surface area contributed by atoms with Crippen molar-refractivity contribution >= 4 is 41.7 Å². The van der Waals surface area contributed by atoms with Gasteiger partial charge in [0.15, 0.2) is 5.96 Å². The van der Waals surface area contributed by atoms with Gasteiger partial charge in [0.1, 0.15) is 11.6 Å². The predicted molar refractivity (Wildman–Crippen MR) is 116 cm³/mol. The number of ether oxygens (including phenoxy) is 1. The molecule has 1 saturated heterocycles. The molecular weight excluding hydrogens is 471 g/mol. The van der Waals surface area contributed by atoms with E-state index in [0.29, 0.717) is 31.0 Å². The summed E-state index contributed by atoms with van der Waals surface area (Å²) in [5.74, 6) is -0.0914. The molecule has 0 unspecified atom stereocenters. The highest BCUT2D eigenvalue weighted by molar-refractivity contribution is 14.0. The van der Waals surface area contributed by atoms with Gasteiger partial charge in [-0.1, -0.05) is 0 Å². The highest BCUT2D eigenvalue weighted by atomic mass is 127. The molecule has 8 heteroatoms. The Bertz CT molecular complexity index is 584. The molecule has 1 fully saturated rings. The molecule has 0 amide bonds. The second-order valence-electron chi connectivity index (χ2n) is 6.11. The van der Waals surface area contributed by atoms with Crippen LogP contribution in [0.5, 0.6) is 0 Å². The van der Waals surface area contributed by atoms with Crippen molar-refractivity contribution in [3.05, 3.63) is 35.4 Å². The number of aliphatic imine (C=N–C) groups is 1. The summed E-state index contributed by atoms with van der Waals surface area (Å²) < 4.78 is 32.5. The first-order chi connectivity index (χ1) is 12.1. The molecule has 0 aliphatic carbocycles. The molecule has 26 heavy (non-hydrogen) atoms. The van der Waals surface area contributed by atoms with Crippen molar-refractivity contribution in [2.75, 3.05) is 39.1 Å². The molecule has 0 radical (unpaired) electrons. The van der Waals surface area contributed by atoms with Crippen molar-refractivity contribution < 1.29 is 13.5 Å². The Kier molecular flexibility index (Phi) is 10.8. The summed E-state index contributed by atoms with van der Waals surface area (Å²) in [6.07, 6.45) is 4.50. The molecule has 4 nitrogen and oxygen atoms in total. The van der Waals surface area contributed by atoms with E-state index >= 15 is 0 Å². The van der Waals surface area contributed by atoms with E-state index < -0.39 is 5.82 Å². The highest BCUT2D eigenvalue weighted by Crippen LogP contribution is 2.33. The molecule has 2 rings (SSSR count). The van der Waals surface area contributed by atoms with Gasteiger partial charge in [-0.3, -0.25) is 4.99 Å². The zero-order valence-corrected chi connectivity index (χ0v) is 18.5. The van der Waals surface area contributed by atoms with Crippen molar-refractivity contribution in [2.24, 2.45) is 4.99 Å². The quantitative estimate of drug-likeness (QED) is 0.342. The largest absolute Gasteiger partial charge is 0.381 e. The van der Waals surface area contributed by atoms with Gasteiger partial charge in [0.25, 0.3) is 0 Å². The Morgan fingerprint density at radius 3 is 2.65 bits per heavy atom. The second kappa shape index (κ2) is 12.0. The Morgan fingerprint density at radius 2 is 2.00 bits per heavy atom. The summed E-state index contributed by atoms with van der Waals surface area (Å²) in [4.78, 5) is 4.70. The minimum Gasteiger partial charge on any atom is -0.381 e. The Balaban J connectivity index is 0.00000338. The van der Waals surface area contributed by atoms with Crippen LogP contribution < -0.4 is 10.6 Å². The predicted octanol–water partition coefficient (Wildman–Crippen LogP) is 3.59. The lowest BCUT2D eigenvalue weighted by Gasteiger charge is -2.34. The lowest BCUT2D eigenvalue weighted by Crippen LogP contribution is -2.41. The van der Waals surface area contributed by atoms with Crippen LogP contribution in [0.4, 0.5) is 8.78 Å². The first-order valence-corrected chi connectivity index (χ1v) is 9.90. The van der Waals surface area contributed by atoms with Crippen LogP contribution in [0.1, 0.15) is 25.3 Å². The maximum absolute atomic E-state index is 13.7. The van der Waals surface area contributed by atoms with Crippen molar-refractivity contribution in [3.8, 4) is 0 Å². The number of halogens is 3. The fourth-order valence-corrected chi connectivity index (χ4v) is 3.55. The molecule has 1 aliphatic rings. The number of nitrogens with zero attached hydrogens (tertiary/aromatic N) is 1. The zero-order valence-electron chi connectivity index (χ0n) is 15.3. The van der Waals surface area contributed by atoms with Crippen LogP contribution in [-0.2, 0) is 11.2 Å². The zero-order chi connectivity index (χ0) is 18.1. The van der Waals surface area contributed by atoms with E-state index in [1.807, 2.05) is 18.7 Å². The van der Waals surface area contributed by atoms with E-state index in [0.717, 1.165) is 44.7 Å².